The van der Waals surface area contributed by atoms with Crippen LogP contribution in [0.3, 0.4) is 0 Å². The zero-order chi connectivity index (χ0) is 22.7. The number of rotatable bonds is 7. The minimum Gasteiger partial charge on any atom is -0.465 e. The molecule has 166 valence electrons. The maximum absolute atomic E-state index is 12.6. The van der Waals surface area contributed by atoms with Crippen molar-refractivity contribution in [3.63, 3.8) is 0 Å². The summed E-state index contributed by atoms with van der Waals surface area (Å²) in [5.74, 6) is -1.26. The minimum absolute atomic E-state index is 0.0421. The molecule has 0 spiro atoms. The van der Waals surface area contributed by atoms with E-state index < -0.39 is 17.4 Å². The van der Waals surface area contributed by atoms with Gasteiger partial charge in [0.2, 0.25) is 11.8 Å². The molecule has 4 rings (SSSR count). The third kappa shape index (κ3) is 4.39. The Kier molecular flexibility index (Phi) is 6.02. The van der Waals surface area contributed by atoms with Crippen molar-refractivity contribution in [3.05, 3.63) is 64.2 Å². The summed E-state index contributed by atoms with van der Waals surface area (Å²) in [5, 5.41) is 9.04. The number of ether oxygens (including phenoxy) is 1. The molecule has 1 aromatic rings. The number of likely N-dealkylation sites (tertiary alicyclic amines) is 1. The molecule has 0 radical (unpaired) electrons. The number of esters is 1. The number of carbonyl (C=O) groups is 3. The van der Waals surface area contributed by atoms with Gasteiger partial charge < -0.3 is 19.5 Å². The van der Waals surface area contributed by atoms with E-state index >= 15 is 0 Å². The highest BCUT2D eigenvalue weighted by atomic mass is 16.5. The van der Waals surface area contributed by atoms with Crippen molar-refractivity contribution < 1.29 is 19.1 Å². The maximum atomic E-state index is 12.6. The Labute approximate surface area is 183 Å². The summed E-state index contributed by atoms with van der Waals surface area (Å²) in [6.07, 6.45) is 3.28. The molecule has 0 saturated carbocycles. The minimum atomic E-state index is -0.608. The van der Waals surface area contributed by atoms with Gasteiger partial charge in [-0.1, -0.05) is 30.3 Å². The van der Waals surface area contributed by atoms with E-state index in [4.69, 9.17) is 4.74 Å². The molecule has 10 heteroatoms. The van der Waals surface area contributed by atoms with Crippen LogP contribution in [0.2, 0.25) is 0 Å². The zero-order valence-electron chi connectivity index (χ0n) is 17.5. The lowest BCUT2D eigenvalue weighted by atomic mass is 10.1. The molecular weight excluding hydrogens is 414 g/mol. The van der Waals surface area contributed by atoms with Crippen molar-refractivity contribution in [1.29, 1.82) is 0 Å². The number of hydrogen-bond donors (Lipinski definition) is 2. The second-order valence-electron chi connectivity index (χ2n) is 7.67. The summed E-state index contributed by atoms with van der Waals surface area (Å²) < 4.78 is 6.40. The first-order valence-corrected chi connectivity index (χ1v) is 10.2. The molecular formula is C22H23N5O5. The Hall–Kier alpha value is -3.95. The number of aromatic nitrogens is 3. The lowest BCUT2D eigenvalue weighted by Crippen LogP contribution is -2.34. The van der Waals surface area contributed by atoms with Gasteiger partial charge in [-0.25, -0.2) is 9.89 Å². The fraction of sp³-hybridized carbons (Fsp3) is 0.318. The number of aromatic amines is 1. The number of amides is 2. The summed E-state index contributed by atoms with van der Waals surface area (Å²) in [5.41, 5.74) is 1.27. The van der Waals surface area contributed by atoms with E-state index in [-0.39, 0.29) is 41.6 Å². The number of H-pyrrole nitrogens is 1. The molecule has 0 bridgehead atoms. The van der Waals surface area contributed by atoms with E-state index in [0.717, 1.165) is 5.56 Å². The Morgan fingerprint density at radius 3 is 2.75 bits per heavy atom. The van der Waals surface area contributed by atoms with Crippen LogP contribution in [0.25, 0.3) is 11.3 Å². The van der Waals surface area contributed by atoms with E-state index in [9.17, 15) is 19.2 Å². The molecule has 2 amide bonds. The van der Waals surface area contributed by atoms with Crippen molar-refractivity contribution in [2.45, 2.75) is 19.5 Å². The smallest absolute Gasteiger partial charge is 0.341 e. The lowest BCUT2D eigenvalue weighted by molar-refractivity contribution is -0.129. The highest BCUT2D eigenvalue weighted by molar-refractivity contribution is 5.96. The van der Waals surface area contributed by atoms with Gasteiger partial charge in [-0.3, -0.25) is 14.4 Å². The van der Waals surface area contributed by atoms with Gasteiger partial charge in [-0.05, 0) is 5.56 Å². The lowest BCUT2D eigenvalue weighted by Gasteiger charge is -2.17. The number of methoxy groups -OCH3 is 1. The molecule has 10 nitrogen and oxygen atoms in total. The van der Waals surface area contributed by atoms with Crippen LogP contribution in [0.15, 0.2) is 47.5 Å². The van der Waals surface area contributed by atoms with Crippen molar-refractivity contribution >= 4 is 17.8 Å². The molecule has 32 heavy (non-hydrogen) atoms. The predicted octanol–water partition coefficient (Wildman–Crippen LogP) is 0.628. The monoisotopic (exact) mass is 437 g/mol. The van der Waals surface area contributed by atoms with Gasteiger partial charge in [0.05, 0.1) is 18.6 Å². The van der Waals surface area contributed by atoms with Crippen molar-refractivity contribution in [2.24, 2.45) is 5.92 Å². The van der Waals surface area contributed by atoms with Gasteiger partial charge in [0.15, 0.2) is 0 Å². The molecule has 1 fully saturated rings. The quantitative estimate of drug-likeness (QED) is 0.522. The van der Waals surface area contributed by atoms with Gasteiger partial charge in [0.1, 0.15) is 11.3 Å². The van der Waals surface area contributed by atoms with Gasteiger partial charge in [-0.15, -0.1) is 0 Å². The van der Waals surface area contributed by atoms with E-state index in [0.29, 0.717) is 19.6 Å². The summed E-state index contributed by atoms with van der Waals surface area (Å²) in [6.45, 7) is 1.45. The van der Waals surface area contributed by atoms with E-state index in [1.807, 2.05) is 30.3 Å². The number of fused-ring (bicyclic) bond motifs is 1. The largest absolute Gasteiger partial charge is 0.465 e. The number of nitrogens with one attached hydrogen (secondary N) is 2. The average Bonchev–Trinajstić information content (AvgIpc) is 3.36. The standard InChI is InChI=1S/C22H23N5O5/c1-32-22(31)17-13-26(12-16-19(17)24-25-21(16)30)8-7-23-20(29)15-9-18(28)27(11-15)10-14-5-3-2-4-6-14/h2-6,12-13,15H,7-11H2,1H3,(H,23,29)(H,25,30)/t15-/m0/s1. The van der Waals surface area contributed by atoms with Crippen LogP contribution in [-0.4, -0.2) is 57.6 Å². The summed E-state index contributed by atoms with van der Waals surface area (Å²) in [7, 11) is 1.25. The van der Waals surface area contributed by atoms with E-state index in [2.05, 4.69) is 15.5 Å². The van der Waals surface area contributed by atoms with Gasteiger partial charge in [0, 0.05) is 45.0 Å². The SMILES string of the molecule is COC(=O)c1cn(CCNC(=O)[C@H]2CC(=O)N(Cc3ccccc3)C2)cc2c(=O)[nH]nc1-2. The van der Waals surface area contributed by atoms with Crippen LogP contribution in [0.5, 0.6) is 0 Å². The first-order valence-electron chi connectivity index (χ1n) is 10.2. The molecule has 3 heterocycles. The third-order valence-corrected chi connectivity index (χ3v) is 5.49. The third-order valence-electron chi connectivity index (χ3n) is 5.49. The summed E-state index contributed by atoms with van der Waals surface area (Å²) in [4.78, 5) is 50.6. The highest BCUT2D eigenvalue weighted by Crippen LogP contribution is 2.21. The fourth-order valence-corrected chi connectivity index (χ4v) is 3.84. The van der Waals surface area contributed by atoms with E-state index in [1.165, 1.54) is 13.3 Å². The Balaban J connectivity index is 1.36. The first-order chi connectivity index (χ1) is 15.5. The summed E-state index contributed by atoms with van der Waals surface area (Å²) >= 11 is 0. The van der Waals surface area contributed by atoms with Crippen molar-refractivity contribution in [1.82, 2.24) is 25.0 Å². The molecule has 1 saturated heterocycles. The molecule has 3 aliphatic heterocycles. The van der Waals surface area contributed by atoms with Crippen molar-refractivity contribution in [2.75, 3.05) is 20.2 Å². The van der Waals surface area contributed by atoms with Gasteiger partial charge in [-0.2, -0.15) is 5.10 Å². The van der Waals surface area contributed by atoms with Crippen LogP contribution in [0.1, 0.15) is 22.3 Å². The Bertz CT molecular complexity index is 1170. The Morgan fingerprint density at radius 2 is 2.00 bits per heavy atom. The van der Waals surface area contributed by atoms with Crippen LogP contribution in [-0.2, 0) is 27.4 Å². The number of benzene rings is 1. The number of pyridine rings is 1. The molecule has 0 aliphatic carbocycles. The second kappa shape index (κ2) is 9.04. The number of carbonyl (C=O) groups excluding carboxylic acids is 3. The topological polar surface area (TPSA) is 126 Å². The first kappa shape index (κ1) is 21.3. The number of nitrogens with zero attached hydrogens (tertiary/aromatic N) is 3. The maximum Gasteiger partial charge on any atom is 0.341 e. The normalized spacial score (nSPS) is 15.8. The highest BCUT2D eigenvalue weighted by Gasteiger charge is 2.34. The molecule has 3 aliphatic rings. The number of hydrogen-bond acceptors (Lipinski definition) is 6. The van der Waals surface area contributed by atoms with Crippen LogP contribution >= 0.6 is 0 Å². The van der Waals surface area contributed by atoms with Crippen LogP contribution < -0.4 is 10.9 Å². The Morgan fingerprint density at radius 1 is 1.22 bits per heavy atom. The van der Waals surface area contributed by atoms with E-state index in [1.54, 1.807) is 15.7 Å². The van der Waals surface area contributed by atoms with Gasteiger partial charge >= 0.3 is 5.97 Å². The molecule has 0 aromatic heterocycles. The zero-order valence-corrected chi connectivity index (χ0v) is 17.5. The molecule has 1 aromatic carbocycles. The molecule has 2 N–H and O–H groups in total. The fourth-order valence-electron chi connectivity index (χ4n) is 3.84. The van der Waals surface area contributed by atoms with Crippen LogP contribution in [0, 0.1) is 5.92 Å². The van der Waals surface area contributed by atoms with Crippen molar-refractivity contribution in [3.8, 4) is 11.3 Å². The van der Waals surface area contributed by atoms with Gasteiger partial charge in [0.25, 0.3) is 5.56 Å². The average molecular weight is 437 g/mol. The second-order valence-corrected chi connectivity index (χ2v) is 7.67. The predicted molar refractivity (Wildman–Crippen MR) is 114 cm³/mol. The molecule has 1 atom stereocenters. The van der Waals surface area contributed by atoms with Crippen LogP contribution in [0.4, 0.5) is 0 Å². The summed E-state index contributed by atoms with van der Waals surface area (Å²) in [6, 6.07) is 9.65. The molecule has 0 unspecified atom stereocenters.